The van der Waals surface area contributed by atoms with Crippen LogP contribution in [0.4, 0.5) is 0 Å². The minimum atomic E-state index is -1.35. The molecule has 1 aliphatic heterocycles. The zero-order chi connectivity index (χ0) is 45.6. The average Bonchev–Trinajstić information content (AvgIpc) is 4.19. The molecule has 0 radical (unpaired) electrons. The molecular formula is C57H64N2O7. The molecule has 66 heavy (non-hydrogen) atoms. The minimum absolute atomic E-state index is 0.0890. The first-order valence-corrected chi connectivity index (χ1v) is 24.1. The summed E-state index contributed by atoms with van der Waals surface area (Å²) >= 11 is 0. The molecule has 4 aliphatic rings. The van der Waals surface area contributed by atoms with Crippen LogP contribution in [0.1, 0.15) is 91.5 Å². The summed E-state index contributed by atoms with van der Waals surface area (Å²) in [5.41, 5.74) is 7.22. The van der Waals surface area contributed by atoms with E-state index < -0.39 is 17.7 Å². The Kier molecular flexibility index (Phi) is 14.0. The van der Waals surface area contributed by atoms with Crippen LogP contribution in [-0.2, 0) is 27.5 Å². The number of carbonyl (C=O) groups excluding carboxylic acids is 1. The van der Waals surface area contributed by atoms with Gasteiger partial charge in [0.05, 0.1) is 18.2 Å². The number of rotatable bonds is 20. The van der Waals surface area contributed by atoms with Gasteiger partial charge < -0.3 is 34.2 Å². The second-order valence-corrected chi connectivity index (χ2v) is 18.8. The first-order chi connectivity index (χ1) is 32.3. The van der Waals surface area contributed by atoms with Crippen LogP contribution in [0.2, 0.25) is 0 Å². The first kappa shape index (κ1) is 45.4. The van der Waals surface area contributed by atoms with E-state index in [4.69, 9.17) is 24.2 Å². The molecule has 5 aromatic carbocycles. The molecule has 2 fully saturated rings. The van der Waals surface area contributed by atoms with Crippen molar-refractivity contribution < 1.29 is 34.1 Å². The van der Waals surface area contributed by atoms with Crippen molar-refractivity contribution in [3.8, 4) is 17.2 Å². The molecule has 9 heteroatoms. The lowest BCUT2D eigenvalue weighted by Gasteiger charge is -2.60. The van der Waals surface area contributed by atoms with Crippen LogP contribution in [0, 0.1) is 37.5 Å². The van der Waals surface area contributed by atoms with Crippen molar-refractivity contribution in [2.24, 2.45) is 28.8 Å². The van der Waals surface area contributed by atoms with Crippen LogP contribution in [0.5, 0.6) is 17.2 Å². The maximum absolute atomic E-state index is 15.2. The maximum atomic E-state index is 15.2. The molecule has 1 amide bonds. The molecule has 9 rings (SSSR count). The van der Waals surface area contributed by atoms with Gasteiger partial charge in [0.25, 0.3) is 0 Å². The summed E-state index contributed by atoms with van der Waals surface area (Å²) in [5, 5.41) is 27.4. The molecule has 0 aromatic heterocycles. The highest BCUT2D eigenvalue weighted by Crippen LogP contribution is 2.62. The van der Waals surface area contributed by atoms with E-state index in [1.165, 1.54) is 5.56 Å². The predicted molar refractivity (Wildman–Crippen MR) is 259 cm³/mol. The number of fused-ring (bicyclic) bond motifs is 3. The van der Waals surface area contributed by atoms with Crippen LogP contribution in [0.3, 0.4) is 0 Å². The number of aryl methyl sites for hydroxylation is 2. The molecule has 6 atom stereocenters. The van der Waals surface area contributed by atoms with E-state index in [1.54, 1.807) is 6.08 Å². The predicted octanol–water partition coefficient (Wildman–Crippen LogP) is 11.5. The Morgan fingerprint density at radius 1 is 0.864 bits per heavy atom. The maximum Gasteiger partial charge on any atom is 0.239 e. The second-order valence-electron chi connectivity index (χ2n) is 18.8. The molecule has 0 saturated heterocycles. The van der Waals surface area contributed by atoms with Crippen molar-refractivity contribution in [1.82, 2.24) is 4.90 Å². The monoisotopic (exact) mass is 888 g/mol. The summed E-state index contributed by atoms with van der Waals surface area (Å²) in [4.78, 5) is 23.6. The quantitative estimate of drug-likeness (QED) is 0.0455. The molecule has 2 saturated carbocycles. The number of carbonyl (C=O) groups is 1. The number of hydrogen-bond donors (Lipinski definition) is 2. The Balaban J connectivity index is 1.25. The lowest BCUT2D eigenvalue weighted by atomic mass is 9.55. The van der Waals surface area contributed by atoms with Gasteiger partial charge in [0.2, 0.25) is 11.7 Å². The smallest absolute Gasteiger partial charge is 0.239 e. The molecule has 0 unspecified atom stereocenters. The Labute approximate surface area is 389 Å². The molecule has 1 heterocycles. The Morgan fingerprint density at radius 3 is 2.38 bits per heavy atom. The van der Waals surface area contributed by atoms with Gasteiger partial charge in [-0.05, 0) is 133 Å². The number of hydrogen-bond acceptors (Lipinski definition) is 8. The molecule has 2 N–H and O–H groups in total. The van der Waals surface area contributed by atoms with E-state index in [2.05, 4.69) is 86.0 Å². The fourth-order valence-electron chi connectivity index (χ4n) is 10.9. The number of allylic oxidation sites excluding steroid dienone is 1. The highest BCUT2D eigenvalue weighted by molar-refractivity contribution is 6.03. The minimum Gasteiger partial charge on any atom is -0.459 e. The third kappa shape index (κ3) is 9.44. The highest BCUT2D eigenvalue weighted by atomic mass is 16.7. The van der Waals surface area contributed by atoms with Gasteiger partial charge in [-0.15, -0.1) is 6.58 Å². The van der Waals surface area contributed by atoms with Gasteiger partial charge in [0.1, 0.15) is 29.9 Å². The van der Waals surface area contributed by atoms with Crippen molar-refractivity contribution in [3.63, 3.8) is 0 Å². The van der Waals surface area contributed by atoms with Crippen molar-refractivity contribution >= 4 is 22.4 Å². The summed E-state index contributed by atoms with van der Waals surface area (Å²) in [6.45, 7) is 9.40. The van der Waals surface area contributed by atoms with E-state index >= 15 is 4.79 Å². The summed E-state index contributed by atoms with van der Waals surface area (Å²) in [6.07, 6.45) is 11.0. The summed E-state index contributed by atoms with van der Waals surface area (Å²) < 4.78 is 21.5. The van der Waals surface area contributed by atoms with Crippen LogP contribution in [0.15, 0.2) is 139 Å². The topological polar surface area (TPSA) is 110 Å². The molecule has 3 aliphatic carbocycles. The summed E-state index contributed by atoms with van der Waals surface area (Å²) in [7, 11) is 0. The number of amides is 1. The van der Waals surface area contributed by atoms with E-state index in [-0.39, 0.29) is 56.0 Å². The molecule has 344 valence electrons. The van der Waals surface area contributed by atoms with Gasteiger partial charge in [-0.3, -0.25) is 4.79 Å². The fourth-order valence-corrected chi connectivity index (χ4v) is 10.9. The normalized spacial score (nSPS) is 23.6. The van der Waals surface area contributed by atoms with Crippen molar-refractivity contribution in [2.45, 2.75) is 103 Å². The number of ether oxygens (including phenoxy) is 3. The lowest BCUT2D eigenvalue weighted by Crippen LogP contribution is -2.70. The largest absolute Gasteiger partial charge is 0.459 e. The van der Waals surface area contributed by atoms with Crippen LogP contribution in [0.25, 0.3) is 10.8 Å². The molecule has 5 aromatic rings. The Morgan fingerprint density at radius 2 is 1.61 bits per heavy atom. The number of benzene rings is 5. The molecule has 0 spiro atoms. The number of aliphatic hydroxyl groups excluding tert-OH is 2. The van der Waals surface area contributed by atoms with Crippen molar-refractivity contribution in [1.29, 1.82) is 0 Å². The van der Waals surface area contributed by atoms with E-state index in [0.29, 0.717) is 37.3 Å². The Hall–Kier alpha value is -5.74. The SMILES string of the molecule is C=CCO[C@@]12Oc3ccc(Oc4ccc(C)c(C)c4)cc3[C@H]3[C@H](CCCCO)[C@@H](CCCCO)C=C(C(=NOCc4ccccc4)C[C@@H]1N(Cc1cccc4ccccc14)C(=O)C1CC1)[C@H]32. The molecule has 0 bridgehead atoms. The van der Waals surface area contributed by atoms with E-state index in [9.17, 15) is 10.2 Å². The van der Waals surface area contributed by atoms with Crippen molar-refractivity contribution in [2.75, 3.05) is 19.8 Å². The number of aliphatic hydroxyl groups is 2. The lowest BCUT2D eigenvalue weighted by molar-refractivity contribution is -0.258. The van der Waals surface area contributed by atoms with E-state index in [0.717, 1.165) is 88.6 Å². The van der Waals surface area contributed by atoms with Crippen LogP contribution < -0.4 is 9.47 Å². The summed E-state index contributed by atoms with van der Waals surface area (Å²) in [6, 6.07) is 36.4. The number of oxime groups is 1. The fraction of sp³-hybridized carbons (Fsp3) is 0.404. The third-order valence-corrected chi connectivity index (χ3v) is 14.4. The molecular weight excluding hydrogens is 825 g/mol. The number of nitrogens with zero attached hydrogens (tertiary/aromatic N) is 2. The average molecular weight is 889 g/mol. The van der Waals surface area contributed by atoms with Crippen molar-refractivity contribution in [3.05, 3.63) is 161 Å². The molecule has 9 nitrogen and oxygen atoms in total. The van der Waals surface area contributed by atoms with Gasteiger partial charge in [-0.2, -0.15) is 0 Å². The first-order valence-electron chi connectivity index (χ1n) is 24.1. The summed E-state index contributed by atoms with van der Waals surface area (Å²) in [5.74, 6) is 0.413. The van der Waals surface area contributed by atoms with Crippen LogP contribution in [-0.4, -0.2) is 58.4 Å². The zero-order valence-electron chi connectivity index (χ0n) is 38.4. The second kappa shape index (κ2) is 20.4. The van der Waals surface area contributed by atoms with Gasteiger partial charge in [0, 0.05) is 43.6 Å². The Bertz CT molecular complexity index is 2560. The highest BCUT2D eigenvalue weighted by Gasteiger charge is 2.66. The van der Waals surface area contributed by atoms with Gasteiger partial charge in [-0.25, -0.2) is 0 Å². The standard InChI is InChI=1S/C57H64N2O7/c1-4-31-63-57-53(59(56(62)42-24-25-42)36-44-20-14-19-41-17-8-9-21-47(41)44)35-51(58-64-37-40-15-6-5-7-16-40)49-33-43(18-10-12-29-60)48(22-11-13-30-61)54(55(49)57)50-34-46(27-28-52(50)66-57)65-45-26-23-38(2)39(3)32-45/h4-9,14-17,19-21,23,26-28,32-34,42-43,48,53-55,60-61H,1,10-13,18,22,24-25,29-31,35-37H2,2-3H3/t43-,48+,53-,54+,55+,57+/m0/s1. The van der Waals surface area contributed by atoms with Crippen LogP contribution >= 0.6 is 0 Å². The number of unbranched alkanes of at least 4 members (excludes halogenated alkanes) is 2. The van der Waals surface area contributed by atoms with Gasteiger partial charge >= 0.3 is 0 Å². The van der Waals surface area contributed by atoms with Gasteiger partial charge in [-0.1, -0.05) is 109 Å². The zero-order valence-corrected chi connectivity index (χ0v) is 38.4. The van der Waals surface area contributed by atoms with E-state index in [1.807, 2.05) is 54.6 Å². The third-order valence-electron chi connectivity index (χ3n) is 14.4. The van der Waals surface area contributed by atoms with Gasteiger partial charge in [0.15, 0.2) is 0 Å².